The highest BCUT2D eigenvalue weighted by atomic mass is 32.1. The Bertz CT molecular complexity index is 2180. The van der Waals surface area contributed by atoms with Crippen LogP contribution in [0.25, 0.3) is 48.1 Å². The van der Waals surface area contributed by atoms with Crippen molar-refractivity contribution in [2.45, 2.75) is 32.6 Å². The van der Waals surface area contributed by atoms with Gasteiger partial charge in [-0.1, -0.05) is 147 Å². The molecule has 3 atom stereocenters. The lowest BCUT2D eigenvalue weighted by Crippen LogP contribution is -2.21. The maximum Gasteiger partial charge on any atom is 0.0437 e. The van der Waals surface area contributed by atoms with Gasteiger partial charge in [-0.25, -0.2) is 0 Å². The van der Waals surface area contributed by atoms with Crippen LogP contribution in [-0.4, -0.2) is 0 Å². The molecule has 0 spiro atoms. The second-order valence-electron chi connectivity index (χ2n) is 12.1. The van der Waals surface area contributed by atoms with Crippen LogP contribution in [0.5, 0.6) is 0 Å². The summed E-state index contributed by atoms with van der Waals surface area (Å²) in [5.74, 6) is 0.884. The summed E-state index contributed by atoms with van der Waals surface area (Å²) in [4.78, 5) is 0. The van der Waals surface area contributed by atoms with Gasteiger partial charge in [0.25, 0.3) is 0 Å². The van der Waals surface area contributed by atoms with Crippen molar-refractivity contribution in [1.82, 2.24) is 0 Å². The Morgan fingerprint density at radius 1 is 0.651 bits per heavy atom. The average Bonchev–Trinajstić information content (AvgIpc) is 3.44. The smallest absolute Gasteiger partial charge is 0.0437 e. The first-order chi connectivity index (χ1) is 21.1. The van der Waals surface area contributed by atoms with Crippen molar-refractivity contribution in [2.75, 3.05) is 0 Å². The zero-order valence-electron chi connectivity index (χ0n) is 24.8. The topological polar surface area (TPSA) is 0 Å². The molecule has 1 heteroatoms. The highest BCUT2D eigenvalue weighted by molar-refractivity contribution is 7.26. The number of benzene rings is 6. The maximum atomic E-state index is 2.52. The fourth-order valence-corrected chi connectivity index (χ4v) is 9.02. The van der Waals surface area contributed by atoms with E-state index in [-0.39, 0.29) is 5.92 Å². The molecular weight excluding hydrogens is 537 g/mol. The predicted octanol–water partition coefficient (Wildman–Crippen LogP) is 12.2. The summed E-state index contributed by atoms with van der Waals surface area (Å²) in [5.41, 5.74) is 11.2. The van der Waals surface area contributed by atoms with Crippen molar-refractivity contribution in [3.05, 3.63) is 161 Å². The lowest BCUT2D eigenvalue weighted by molar-refractivity contribution is 0.551. The van der Waals surface area contributed by atoms with Gasteiger partial charge in [0.15, 0.2) is 0 Å². The van der Waals surface area contributed by atoms with Crippen LogP contribution in [0.1, 0.15) is 53.5 Å². The number of hydrogen-bond acceptors (Lipinski definition) is 1. The number of hydrogen-bond donors (Lipinski definition) is 0. The van der Waals surface area contributed by atoms with Gasteiger partial charge in [0.1, 0.15) is 0 Å². The molecule has 0 aliphatic heterocycles. The van der Waals surface area contributed by atoms with E-state index in [4.69, 9.17) is 0 Å². The number of fused-ring (bicyclic) bond motifs is 6. The van der Waals surface area contributed by atoms with Crippen molar-refractivity contribution >= 4 is 48.4 Å². The number of allylic oxidation sites excluding steroid dienone is 1. The maximum absolute atomic E-state index is 2.52. The average molecular weight is 571 g/mol. The molecule has 0 N–H and O–H groups in total. The summed E-state index contributed by atoms with van der Waals surface area (Å²) in [6.45, 7) is 7.18. The molecule has 3 unspecified atom stereocenters. The Morgan fingerprint density at radius 2 is 1.30 bits per heavy atom. The Labute approximate surface area is 258 Å². The molecule has 8 rings (SSSR count). The van der Waals surface area contributed by atoms with Crippen molar-refractivity contribution < 1.29 is 0 Å². The van der Waals surface area contributed by atoms with Crippen LogP contribution >= 0.6 is 11.3 Å². The van der Waals surface area contributed by atoms with Gasteiger partial charge in [0.05, 0.1) is 0 Å². The second-order valence-corrected chi connectivity index (χ2v) is 13.2. The van der Waals surface area contributed by atoms with Gasteiger partial charge in [-0.3, -0.25) is 0 Å². The fourth-order valence-electron chi connectivity index (χ4n) is 7.76. The molecule has 0 radical (unpaired) electrons. The summed E-state index contributed by atoms with van der Waals surface area (Å²) >= 11 is 1.94. The van der Waals surface area contributed by atoms with Crippen molar-refractivity contribution in [3.63, 3.8) is 0 Å². The molecule has 208 valence electrons. The summed E-state index contributed by atoms with van der Waals surface area (Å²) in [6, 6.07) is 47.2. The molecule has 1 aromatic heterocycles. The summed E-state index contributed by atoms with van der Waals surface area (Å²) in [5, 5.41) is 5.50. The highest BCUT2D eigenvalue weighted by Gasteiger charge is 2.34. The third kappa shape index (κ3) is 4.10. The molecule has 0 amide bonds. The minimum absolute atomic E-state index is 0.217. The zero-order valence-corrected chi connectivity index (χ0v) is 25.7. The monoisotopic (exact) mass is 570 g/mol. The van der Waals surface area contributed by atoms with E-state index < -0.39 is 0 Å². The van der Waals surface area contributed by atoms with Gasteiger partial charge in [-0.05, 0) is 63.2 Å². The van der Waals surface area contributed by atoms with E-state index in [1.54, 1.807) is 0 Å². The normalized spacial score (nSPS) is 17.2. The van der Waals surface area contributed by atoms with E-state index in [0.29, 0.717) is 11.8 Å². The quantitative estimate of drug-likeness (QED) is 0.197. The third-order valence-electron chi connectivity index (χ3n) is 9.76. The summed E-state index contributed by atoms with van der Waals surface area (Å²) < 4.78 is 2.76. The second kappa shape index (κ2) is 10.4. The van der Waals surface area contributed by atoms with E-state index in [0.717, 1.165) is 0 Å². The largest absolute Gasteiger partial charge is 0.135 e. The van der Waals surface area contributed by atoms with E-state index in [1.165, 1.54) is 75.5 Å². The molecular formula is C42H34S. The van der Waals surface area contributed by atoms with Crippen LogP contribution in [0.15, 0.2) is 133 Å². The molecule has 1 heterocycles. The van der Waals surface area contributed by atoms with Gasteiger partial charge < -0.3 is 0 Å². The molecule has 0 fully saturated rings. The predicted molar refractivity (Wildman–Crippen MR) is 187 cm³/mol. The minimum Gasteiger partial charge on any atom is -0.135 e. The van der Waals surface area contributed by atoms with Crippen molar-refractivity contribution in [1.29, 1.82) is 0 Å². The van der Waals surface area contributed by atoms with Crippen LogP contribution in [0, 0.1) is 12.8 Å². The van der Waals surface area contributed by atoms with Gasteiger partial charge in [-0.2, -0.15) is 0 Å². The van der Waals surface area contributed by atoms with Crippen molar-refractivity contribution in [3.8, 4) is 11.1 Å². The Hall–Kier alpha value is -4.46. The molecule has 0 bridgehead atoms. The van der Waals surface area contributed by atoms with Gasteiger partial charge in [-0.15, -0.1) is 11.3 Å². The zero-order chi connectivity index (χ0) is 29.1. The van der Waals surface area contributed by atoms with Gasteiger partial charge in [0.2, 0.25) is 0 Å². The molecule has 1 aliphatic rings. The molecule has 0 nitrogen and oxygen atoms in total. The molecule has 7 aromatic rings. The van der Waals surface area contributed by atoms with Crippen molar-refractivity contribution in [2.24, 2.45) is 5.92 Å². The van der Waals surface area contributed by atoms with Crippen LogP contribution in [0.3, 0.4) is 0 Å². The van der Waals surface area contributed by atoms with Crippen LogP contribution < -0.4 is 0 Å². The lowest BCUT2D eigenvalue weighted by Gasteiger charge is -2.36. The Balaban J connectivity index is 1.48. The van der Waals surface area contributed by atoms with Crippen LogP contribution in [-0.2, 0) is 0 Å². The van der Waals surface area contributed by atoms with E-state index in [1.807, 2.05) is 11.3 Å². The van der Waals surface area contributed by atoms with E-state index in [2.05, 4.69) is 154 Å². The Kier molecular flexibility index (Phi) is 6.31. The minimum atomic E-state index is 0.217. The van der Waals surface area contributed by atoms with E-state index in [9.17, 15) is 0 Å². The van der Waals surface area contributed by atoms with Crippen LogP contribution in [0.4, 0.5) is 0 Å². The molecule has 43 heavy (non-hydrogen) atoms. The van der Waals surface area contributed by atoms with Gasteiger partial charge >= 0.3 is 0 Å². The van der Waals surface area contributed by atoms with Crippen LogP contribution in [0.2, 0.25) is 0 Å². The first kappa shape index (κ1) is 26.2. The number of rotatable bonds is 4. The molecule has 0 saturated carbocycles. The summed E-state index contributed by atoms with van der Waals surface area (Å²) in [6.07, 6.45) is 2.52. The molecule has 1 aliphatic carbocycles. The lowest BCUT2D eigenvalue weighted by atomic mass is 9.67. The Morgan fingerprint density at radius 3 is 2.12 bits per heavy atom. The fraction of sp³-hybridized carbons (Fsp3) is 0.143. The first-order valence-corrected chi connectivity index (χ1v) is 16.2. The molecule has 6 aromatic carbocycles. The highest BCUT2D eigenvalue weighted by Crippen LogP contribution is 2.53. The standard InChI is InChI=1S/C42H34S/c1-26-15-7-9-19-31(26)40-33-21-11-12-22-34(33)42-41(35-23-13-14-24-37(35)43-42)39(40)28(3)36-25-30-18-8-10-20-32(30)38(27(36)2)29-16-5-4-6-17-29/h4-25,27-28,38H,1-3H3. The van der Waals surface area contributed by atoms with E-state index >= 15 is 0 Å². The SMILES string of the molecule is Cc1ccccc1-c1c(C(C)C2=Cc3ccccc3C(c3ccccc3)C2C)c2c3ccccc3sc2c2ccccc12. The molecule has 0 saturated heterocycles. The number of thiophene rings is 1. The van der Waals surface area contributed by atoms with Gasteiger partial charge in [0, 0.05) is 37.4 Å². The number of aryl methyl sites for hydroxylation is 1. The summed E-state index contributed by atoms with van der Waals surface area (Å²) in [7, 11) is 0. The first-order valence-electron chi connectivity index (χ1n) is 15.4. The third-order valence-corrected chi connectivity index (χ3v) is 11.0.